The molecule has 168 valence electrons. The van der Waals surface area contributed by atoms with Gasteiger partial charge in [-0.3, -0.25) is 0 Å². The molecule has 2 heterocycles. The van der Waals surface area contributed by atoms with E-state index in [9.17, 15) is 8.78 Å². The summed E-state index contributed by atoms with van der Waals surface area (Å²) in [6.45, 7) is 4.83. The van der Waals surface area contributed by atoms with E-state index in [0.29, 0.717) is 30.0 Å². The molecule has 0 atom stereocenters. The lowest BCUT2D eigenvalue weighted by Crippen LogP contribution is -2.36. The van der Waals surface area contributed by atoms with Crippen molar-refractivity contribution in [2.75, 3.05) is 36.5 Å². The lowest BCUT2D eigenvalue weighted by atomic mass is 10.0. The predicted molar refractivity (Wildman–Crippen MR) is 132 cm³/mol. The van der Waals surface area contributed by atoms with Crippen LogP contribution >= 0.6 is 15.9 Å². The fraction of sp³-hybridized carbons (Fsp3) is 0.192. The van der Waals surface area contributed by atoms with E-state index >= 15 is 0 Å². The topological polar surface area (TPSA) is 37.4 Å². The molecule has 33 heavy (non-hydrogen) atoms. The molecule has 1 aliphatic heterocycles. The third kappa shape index (κ3) is 4.30. The fourth-order valence-corrected chi connectivity index (χ4v) is 4.59. The summed E-state index contributed by atoms with van der Waals surface area (Å²) in [6.07, 6.45) is 0. The Kier molecular flexibility index (Phi) is 6.00. The van der Waals surface area contributed by atoms with Crippen LogP contribution in [0.15, 0.2) is 65.1 Å². The number of morpholine rings is 1. The number of nitrogens with zero attached hydrogens (tertiary/aromatic N) is 2. The maximum Gasteiger partial charge on any atom is 0.132 e. The largest absolute Gasteiger partial charge is 0.378 e. The number of ether oxygens (including phenoxy) is 1. The molecule has 4 aromatic rings. The first-order chi connectivity index (χ1) is 16.0. The number of benzene rings is 3. The third-order valence-corrected chi connectivity index (χ3v) is 6.38. The number of hydrogen-bond acceptors (Lipinski definition) is 4. The van der Waals surface area contributed by atoms with E-state index in [1.165, 1.54) is 18.2 Å². The van der Waals surface area contributed by atoms with Crippen molar-refractivity contribution in [3.05, 3.63) is 82.3 Å². The number of aromatic nitrogens is 1. The van der Waals surface area contributed by atoms with Gasteiger partial charge in [-0.15, -0.1) is 0 Å². The minimum Gasteiger partial charge on any atom is -0.378 e. The van der Waals surface area contributed by atoms with Gasteiger partial charge in [-0.1, -0.05) is 28.1 Å². The second kappa shape index (κ2) is 9.08. The van der Waals surface area contributed by atoms with Crippen LogP contribution in [0.3, 0.4) is 0 Å². The molecule has 1 N–H and O–H groups in total. The lowest BCUT2D eigenvalue weighted by molar-refractivity contribution is 0.123. The molecule has 7 heteroatoms. The number of hydrogen-bond donors (Lipinski definition) is 1. The van der Waals surface area contributed by atoms with Gasteiger partial charge in [-0.25, -0.2) is 13.8 Å². The zero-order valence-electron chi connectivity index (χ0n) is 18.0. The van der Waals surface area contributed by atoms with Gasteiger partial charge in [0.05, 0.1) is 41.5 Å². The molecule has 0 amide bonds. The number of pyridine rings is 1. The number of anilines is 3. The molecule has 4 nitrogen and oxygen atoms in total. The van der Waals surface area contributed by atoms with Crippen molar-refractivity contribution in [1.29, 1.82) is 0 Å². The summed E-state index contributed by atoms with van der Waals surface area (Å²) in [5, 5.41) is 4.34. The number of nitrogens with one attached hydrogen (secondary N) is 1. The Hall–Kier alpha value is -3.03. The van der Waals surface area contributed by atoms with Crippen molar-refractivity contribution in [1.82, 2.24) is 4.98 Å². The zero-order valence-corrected chi connectivity index (χ0v) is 19.6. The van der Waals surface area contributed by atoms with Crippen molar-refractivity contribution >= 4 is 43.9 Å². The van der Waals surface area contributed by atoms with Crippen molar-refractivity contribution in [2.24, 2.45) is 0 Å². The Balaban J connectivity index is 1.70. The zero-order chi connectivity index (χ0) is 22.9. The molecule has 0 saturated carbocycles. The molecule has 0 radical (unpaired) electrons. The molecule has 1 saturated heterocycles. The van der Waals surface area contributed by atoms with E-state index in [1.54, 1.807) is 24.3 Å². The van der Waals surface area contributed by atoms with Gasteiger partial charge in [-0.05, 0) is 55.0 Å². The van der Waals surface area contributed by atoms with Gasteiger partial charge in [0.2, 0.25) is 0 Å². The molecule has 0 bridgehead atoms. The summed E-state index contributed by atoms with van der Waals surface area (Å²) in [6, 6.07) is 17.1. The first-order valence-electron chi connectivity index (χ1n) is 10.8. The van der Waals surface area contributed by atoms with Crippen LogP contribution in [0.5, 0.6) is 0 Å². The Morgan fingerprint density at radius 1 is 1.00 bits per heavy atom. The van der Waals surface area contributed by atoms with E-state index in [1.807, 2.05) is 19.1 Å². The minimum absolute atomic E-state index is 0.369. The first-order valence-corrected chi connectivity index (χ1v) is 11.5. The quantitative estimate of drug-likeness (QED) is 0.327. The highest BCUT2D eigenvalue weighted by atomic mass is 79.9. The highest BCUT2D eigenvalue weighted by Crippen LogP contribution is 2.39. The average Bonchev–Trinajstić information content (AvgIpc) is 2.82. The summed E-state index contributed by atoms with van der Waals surface area (Å²) >= 11 is 3.58. The van der Waals surface area contributed by atoms with Gasteiger partial charge in [0.25, 0.3) is 0 Å². The summed E-state index contributed by atoms with van der Waals surface area (Å²) in [5.74, 6) is -0.757. The van der Waals surface area contributed by atoms with Crippen LogP contribution in [0, 0.1) is 18.6 Å². The SMILES string of the molecule is Cc1c(-c2ccccc2F)nc2cc(F)ccc2c1Nc1cc(Br)ccc1N1CCOCC1. The molecular formula is C26H22BrF2N3O. The second-order valence-corrected chi connectivity index (χ2v) is 8.90. The fourth-order valence-electron chi connectivity index (χ4n) is 4.23. The van der Waals surface area contributed by atoms with Crippen molar-refractivity contribution in [2.45, 2.75) is 6.92 Å². The Morgan fingerprint density at radius 2 is 1.79 bits per heavy atom. The molecule has 1 aliphatic rings. The molecule has 1 aromatic heterocycles. The molecular weight excluding hydrogens is 488 g/mol. The van der Waals surface area contributed by atoms with Crippen LogP contribution in [0.2, 0.25) is 0 Å². The number of halogens is 3. The van der Waals surface area contributed by atoms with Crippen molar-refractivity contribution < 1.29 is 13.5 Å². The predicted octanol–water partition coefficient (Wildman–Crippen LogP) is 6.83. The Labute approximate surface area is 199 Å². The first kappa shape index (κ1) is 21.8. The number of rotatable bonds is 4. The third-order valence-electron chi connectivity index (χ3n) is 5.89. The summed E-state index contributed by atoms with van der Waals surface area (Å²) in [4.78, 5) is 6.91. The maximum absolute atomic E-state index is 14.7. The van der Waals surface area contributed by atoms with Gasteiger partial charge >= 0.3 is 0 Å². The van der Waals surface area contributed by atoms with Crippen LogP contribution < -0.4 is 10.2 Å². The van der Waals surface area contributed by atoms with E-state index < -0.39 is 0 Å². The molecule has 0 aliphatic carbocycles. The van der Waals surface area contributed by atoms with E-state index in [2.05, 4.69) is 37.2 Å². The molecule has 5 rings (SSSR count). The van der Waals surface area contributed by atoms with Crippen LogP contribution in [0.4, 0.5) is 25.8 Å². The van der Waals surface area contributed by atoms with E-state index in [0.717, 1.165) is 45.6 Å². The summed E-state index contributed by atoms with van der Waals surface area (Å²) in [7, 11) is 0. The molecule has 0 unspecified atom stereocenters. The lowest BCUT2D eigenvalue weighted by Gasteiger charge is -2.31. The van der Waals surface area contributed by atoms with Gasteiger partial charge in [-0.2, -0.15) is 0 Å². The van der Waals surface area contributed by atoms with Crippen molar-refractivity contribution in [3.63, 3.8) is 0 Å². The second-order valence-electron chi connectivity index (χ2n) is 7.99. The van der Waals surface area contributed by atoms with E-state index in [4.69, 9.17) is 4.74 Å². The van der Waals surface area contributed by atoms with Gasteiger partial charge in [0.1, 0.15) is 11.6 Å². The molecule has 0 spiro atoms. The van der Waals surface area contributed by atoms with Gasteiger partial charge in [0, 0.05) is 34.6 Å². The summed E-state index contributed by atoms with van der Waals surface area (Å²) in [5.41, 5.74) is 4.82. The summed E-state index contributed by atoms with van der Waals surface area (Å²) < 4.78 is 35.2. The molecule has 3 aromatic carbocycles. The maximum atomic E-state index is 14.7. The Morgan fingerprint density at radius 3 is 2.58 bits per heavy atom. The minimum atomic E-state index is -0.388. The highest BCUT2D eigenvalue weighted by Gasteiger charge is 2.20. The van der Waals surface area contributed by atoms with Crippen LogP contribution in [0.25, 0.3) is 22.2 Å². The highest BCUT2D eigenvalue weighted by molar-refractivity contribution is 9.10. The van der Waals surface area contributed by atoms with Crippen LogP contribution in [-0.2, 0) is 4.74 Å². The van der Waals surface area contributed by atoms with Crippen molar-refractivity contribution in [3.8, 4) is 11.3 Å². The van der Waals surface area contributed by atoms with Gasteiger partial charge in [0.15, 0.2) is 0 Å². The standard InChI is InChI=1S/C26H22BrF2N3O/c1-16-25(19-4-2-3-5-21(19)29)30-22-15-18(28)7-8-20(22)26(16)31-23-14-17(27)6-9-24(23)32-10-12-33-13-11-32/h2-9,14-15H,10-13H2,1H3,(H,30,31). The molecule has 1 fully saturated rings. The normalized spacial score (nSPS) is 14.0. The van der Waals surface area contributed by atoms with E-state index in [-0.39, 0.29) is 11.6 Å². The monoisotopic (exact) mass is 509 g/mol. The Bertz CT molecular complexity index is 1340. The van der Waals surface area contributed by atoms with Crippen LogP contribution in [-0.4, -0.2) is 31.3 Å². The van der Waals surface area contributed by atoms with Gasteiger partial charge < -0.3 is 15.0 Å². The van der Waals surface area contributed by atoms with Crippen LogP contribution in [0.1, 0.15) is 5.56 Å². The smallest absolute Gasteiger partial charge is 0.132 e. The average molecular weight is 510 g/mol. The number of fused-ring (bicyclic) bond motifs is 1.